The Morgan fingerprint density at radius 1 is 1.18 bits per heavy atom. The van der Waals surface area contributed by atoms with E-state index < -0.39 is 0 Å². The fourth-order valence-electron chi connectivity index (χ4n) is 2.70. The number of hydrogen-bond donors (Lipinski definition) is 1. The summed E-state index contributed by atoms with van der Waals surface area (Å²) in [6, 6.07) is 0. The average Bonchev–Trinajstić information content (AvgIpc) is 2.74. The first kappa shape index (κ1) is 11.2. The first-order chi connectivity index (χ1) is 8.42. The predicted molar refractivity (Wildman–Crippen MR) is 64.8 cm³/mol. The molecule has 2 aliphatic rings. The van der Waals surface area contributed by atoms with Gasteiger partial charge in [0.1, 0.15) is 0 Å². The average molecular weight is 235 g/mol. The van der Waals surface area contributed by atoms with Gasteiger partial charge in [0.25, 0.3) is 0 Å². The van der Waals surface area contributed by atoms with Gasteiger partial charge < -0.3 is 9.84 Å². The smallest absolute Gasteiger partial charge is 0.226 e. The summed E-state index contributed by atoms with van der Waals surface area (Å²) < 4.78 is 5.34. The van der Waals surface area contributed by atoms with E-state index in [1.807, 2.05) is 0 Å². The zero-order chi connectivity index (χ0) is 11.5. The Balaban J connectivity index is 1.48. The zero-order valence-electron chi connectivity index (χ0n) is 10.3. The molecule has 0 amide bonds. The molecule has 0 unspecified atom stereocenters. The summed E-state index contributed by atoms with van der Waals surface area (Å²) in [5.74, 6) is 3.24. The van der Waals surface area contributed by atoms with Crippen molar-refractivity contribution in [1.29, 1.82) is 0 Å². The number of aromatic nitrogens is 2. The maximum Gasteiger partial charge on any atom is 0.226 e. The normalized spacial score (nSPS) is 22.6. The van der Waals surface area contributed by atoms with E-state index in [2.05, 4.69) is 15.5 Å². The minimum absolute atomic E-state index is 0.589. The highest BCUT2D eigenvalue weighted by Gasteiger charge is 2.24. The molecule has 2 fully saturated rings. The second-order valence-corrected chi connectivity index (χ2v) is 5.41. The van der Waals surface area contributed by atoms with Gasteiger partial charge in [0.2, 0.25) is 5.89 Å². The van der Waals surface area contributed by atoms with E-state index in [1.165, 1.54) is 51.6 Å². The summed E-state index contributed by atoms with van der Waals surface area (Å²) in [5.41, 5.74) is 0. The minimum Gasteiger partial charge on any atom is -0.339 e. The van der Waals surface area contributed by atoms with Gasteiger partial charge in [-0.1, -0.05) is 11.6 Å². The van der Waals surface area contributed by atoms with Crippen molar-refractivity contribution in [2.75, 3.05) is 13.1 Å². The van der Waals surface area contributed by atoms with Gasteiger partial charge in [-0.15, -0.1) is 0 Å². The van der Waals surface area contributed by atoms with Gasteiger partial charge >= 0.3 is 0 Å². The summed E-state index contributed by atoms with van der Waals surface area (Å²) in [7, 11) is 0. The molecule has 0 aromatic carbocycles. The quantitative estimate of drug-likeness (QED) is 0.869. The number of nitrogens with zero attached hydrogens (tertiary/aromatic N) is 2. The van der Waals surface area contributed by atoms with Crippen LogP contribution in [0.3, 0.4) is 0 Å². The Kier molecular flexibility index (Phi) is 3.41. The molecule has 0 spiro atoms. The summed E-state index contributed by atoms with van der Waals surface area (Å²) in [6.45, 7) is 2.34. The SMILES string of the molecule is C1CC(c2noc(CCC3CCNCC3)n2)C1. The van der Waals surface area contributed by atoms with E-state index in [9.17, 15) is 0 Å². The van der Waals surface area contributed by atoms with Crippen molar-refractivity contribution in [2.24, 2.45) is 5.92 Å². The molecule has 0 atom stereocenters. The third kappa shape index (κ3) is 2.68. The number of hydrogen-bond acceptors (Lipinski definition) is 4. The summed E-state index contributed by atoms with van der Waals surface area (Å²) >= 11 is 0. The van der Waals surface area contributed by atoms with Crippen molar-refractivity contribution in [3.8, 4) is 0 Å². The van der Waals surface area contributed by atoms with E-state index in [1.54, 1.807) is 0 Å². The molecule has 4 heteroatoms. The highest BCUT2D eigenvalue weighted by atomic mass is 16.5. The topological polar surface area (TPSA) is 51.0 Å². The maximum atomic E-state index is 5.34. The molecule has 1 saturated heterocycles. The van der Waals surface area contributed by atoms with Crippen molar-refractivity contribution in [3.63, 3.8) is 0 Å². The number of rotatable bonds is 4. The fourth-order valence-corrected chi connectivity index (χ4v) is 2.70. The summed E-state index contributed by atoms with van der Waals surface area (Å²) in [4.78, 5) is 4.52. The molecule has 0 bridgehead atoms. The van der Waals surface area contributed by atoms with Gasteiger partial charge in [0.05, 0.1) is 0 Å². The van der Waals surface area contributed by atoms with Crippen molar-refractivity contribution < 1.29 is 4.52 Å². The molecule has 1 aliphatic heterocycles. The largest absolute Gasteiger partial charge is 0.339 e. The third-order valence-corrected chi connectivity index (χ3v) is 4.18. The van der Waals surface area contributed by atoms with Gasteiger partial charge in [0, 0.05) is 12.3 Å². The molecule has 3 rings (SSSR count). The first-order valence-electron chi connectivity index (χ1n) is 6.95. The lowest BCUT2D eigenvalue weighted by Crippen LogP contribution is -2.27. The van der Waals surface area contributed by atoms with Crippen LogP contribution >= 0.6 is 0 Å². The molecule has 0 radical (unpaired) electrons. The van der Waals surface area contributed by atoms with Gasteiger partial charge in [-0.2, -0.15) is 4.98 Å². The van der Waals surface area contributed by atoms with Crippen LogP contribution in [-0.4, -0.2) is 23.2 Å². The van der Waals surface area contributed by atoms with Gasteiger partial charge in [-0.25, -0.2) is 0 Å². The van der Waals surface area contributed by atoms with Crippen LogP contribution in [0, 0.1) is 5.92 Å². The second-order valence-electron chi connectivity index (χ2n) is 5.41. The second kappa shape index (κ2) is 5.17. The van der Waals surface area contributed by atoms with E-state index in [0.717, 1.165) is 24.1 Å². The van der Waals surface area contributed by atoms with E-state index in [4.69, 9.17) is 4.52 Å². The van der Waals surface area contributed by atoms with Crippen LogP contribution in [-0.2, 0) is 6.42 Å². The van der Waals surface area contributed by atoms with Crippen molar-refractivity contribution in [1.82, 2.24) is 15.5 Å². The fraction of sp³-hybridized carbons (Fsp3) is 0.846. The van der Waals surface area contributed by atoms with Gasteiger partial charge in [-0.3, -0.25) is 0 Å². The first-order valence-corrected chi connectivity index (χ1v) is 6.95. The summed E-state index contributed by atoms with van der Waals surface area (Å²) in [5, 5.41) is 7.50. The highest BCUT2D eigenvalue weighted by molar-refractivity contribution is 4.99. The maximum absolute atomic E-state index is 5.34. The minimum atomic E-state index is 0.589. The van der Waals surface area contributed by atoms with Crippen LogP contribution in [0.1, 0.15) is 56.2 Å². The van der Waals surface area contributed by atoms with Crippen LogP contribution in [0.2, 0.25) is 0 Å². The van der Waals surface area contributed by atoms with E-state index in [0.29, 0.717) is 5.92 Å². The molecule has 4 nitrogen and oxygen atoms in total. The standard InChI is InChI=1S/C13H21N3O/c1-2-11(3-1)13-15-12(17-16-13)5-4-10-6-8-14-9-7-10/h10-11,14H,1-9H2. The highest BCUT2D eigenvalue weighted by Crippen LogP contribution is 2.34. The van der Waals surface area contributed by atoms with Crippen LogP contribution < -0.4 is 5.32 Å². The van der Waals surface area contributed by atoms with Gasteiger partial charge in [0.15, 0.2) is 5.82 Å². The lowest BCUT2D eigenvalue weighted by atomic mass is 9.85. The van der Waals surface area contributed by atoms with Crippen LogP contribution in [0.15, 0.2) is 4.52 Å². The van der Waals surface area contributed by atoms with Crippen LogP contribution in [0.4, 0.5) is 0 Å². The van der Waals surface area contributed by atoms with E-state index >= 15 is 0 Å². The number of nitrogens with one attached hydrogen (secondary N) is 1. The van der Waals surface area contributed by atoms with Crippen molar-refractivity contribution in [3.05, 3.63) is 11.7 Å². The molecule has 2 heterocycles. The van der Waals surface area contributed by atoms with Crippen molar-refractivity contribution >= 4 is 0 Å². The number of piperidine rings is 1. The molecule has 1 aliphatic carbocycles. The lowest BCUT2D eigenvalue weighted by Gasteiger charge is -2.21. The molecule has 94 valence electrons. The summed E-state index contributed by atoms with van der Waals surface area (Å²) in [6.07, 6.45) is 8.57. The molecule has 1 aromatic heterocycles. The molecule has 1 aromatic rings. The molecular formula is C13H21N3O. The Bertz CT molecular complexity index is 353. The zero-order valence-corrected chi connectivity index (χ0v) is 10.3. The number of aryl methyl sites for hydroxylation is 1. The lowest BCUT2D eigenvalue weighted by molar-refractivity contribution is 0.318. The van der Waals surface area contributed by atoms with Crippen LogP contribution in [0.25, 0.3) is 0 Å². The molecule has 1 saturated carbocycles. The Labute approximate surface area is 102 Å². The molecule has 1 N–H and O–H groups in total. The van der Waals surface area contributed by atoms with Crippen LogP contribution in [0.5, 0.6) is 0 Å². The van der Waals surface area contributed by atoms with Crippen molar-refractivity contribution in [2.45, 2.75) is 50.9 Å². The molecular weight excluding hydrogens is 214 g/mol. The Hall–Kier alpha value is -0.900. The Morgan fingerprint density at radius 2 is 2.00 bits per heavy atom. The Morgan fingerprint density at radius 3 is 2.71 bits per heavy atom. The third-order valence-electron chi connectivity index (χ3n) is 4.18. The van der Waals surface area contributed by atoms with E-state index in [-0.39, 0.29) is 0 Å². The van der Waals surface area contributed by atoms with Gasteiger partial charge in [-0.05, 0) is 51.1 Å². The predicted octanol–water partition coefficient (Wildman–Crippen LogP) is 2.27. The monoisotopic (exact) mass is 235 g/mol. The molecule has 17 heavy (non-hydrogen) atoms.